The molecule has 0 fully saturated rings. The molecule has 0 aliphatic rings. The van der Waals surface area contributed by atoms with Gasteiger partial charge in [-0.3, -0.25) is 13.2 Å². The Bertz CT molecular complexity index is 351. The summed E-state index contributed by atoms with van der Waals surface area (Å²) in [6.45, 7) is 13.3. The Morgan fingerprint density at radius 2 is 1.12 bits per heavy atom. The number of carbonyl (C=O) groups excluding carboxylic acids is 2. The fourth-order valence-electron chi connectivity index (χ4n) is 1.81. The zero-order chi connectivity index (χ0) is 25.9. The average molecular weight is 486 g/mol. The Morgan fingerprint density at radius 3 is 1.19 bits per heavy atom. The SMILES string of the molecule is C=NC=[O+][O-].CCCCCCCC.CCCCCCCC.COC(C)=O.COS(=O)OC. The number of methoxy groups -OCH3 is 1. The Labute approximate surface area is 200 Å². The fraction of sp³-hybridized carbons (Fsp3) is 0.870. The van der Waals surface area contributed by atoms with Crippen molar-refractivity contribution in [2.24, 2.45) is 4.99 Å². The van der Waals surface area contributed by atoms with E-state index in [4.69, 9.17) is 5.26 Å². The van der Waals surface area contributed by atoms with Crippen LogP contribution in [0.4, 0.5) is 0 Å². The van der Waals surface area contributed by atoms with E-state index in [1.165, 1.54) is 105 Å². The number of esters is 1. The van der Waals surface area contributed by atoms with Crippen molar-refractivity contribution in [2.75, 3.05) is 21.3 Å². The molecule has 0 rings (SSSR count). The number of ether oxygens (including phenoxy) is 1. The summed E-state index contributed by atoms with van der Waals surface area (Å²) in [6.07, 6.45) is 17.7. The van der Waals surface area contributed by atoms with Gasteiger partial charge in [-0.2, -0.15) is 13.8 Å². The number of hydrogen-bond acceptors (Lipinski definition) is 6. The highest BCUT2D eigenvalue weighted by Crippen LogP contribution is 2.04. The quantitative estimate of drug-likeness (QED) is 0.0655. The molecule has 1 amide bonds. The normalized spacial score (nSPS) is 9.16. The Kier molecular flexibility index (Phi) is 60.8. The first-order valence-corrected chi connectivity index (χ1v) is 12.4. The summed E-state index contributed by atoms with van der Waals surface area (Å²) >= 11 is -1.53. The monoisotopic (exact) mass is 485 g/mol. The van der Waals surface area contributed by atoms with Crippen LogP contribution in [0.3, 0.4) is 0 Å². The number of unbranched alkanes of at least 4 members (excludes halogenated alkanes) is 10. The summed E-state index contributed by atoms with van der Waals surface area (Å²) in [4.78, 5) is 12.5. The van der Waals surface area contributed by atoms with Crippen molar-refractivity contribution in [2.45, 2.75) is 112 Å². The molecule has 0 spiro atoms. The summed E-state index contributed by atoms with van der Waals surface area (Å²) in [5.41, 5.74) is 0. The van der Waals surface area contributed by atoms with Crippen LogP contribution < -0.4 is 5.26 Å². The van der Waals surface area contributed by atoms with Crippen LogP contribution in [0.5, 0.6) is 0 Å². The molecule has 0 aliphatic heterocycles. The van der Waals surface area contributed by atoms with Gasteiger partial charge in [-0.15, -0.1) is 0 Å². The van der Waals surface area contributed by atoms with Crippen LogP contribution in [0.2, 0.25) is 0 Å². The van der Waals surface area contributed by atoms with Gasteiger partial charge >= 0.3 is 23.7 Å². The van der Waals surface area contributed by atoms with Gasteiger partial charge in [-0.25, -0.2) is 0 Å². The van der Waals surface area contributed by atoms with Gasteiger partial charge in [-0.05, 0) is 6.72 Å². The lowest BCUT2D eigenvalue weighted by atomic mass is 10.1. The molecular weight excluding hydrogens is 434 g/mol. The third-order valence-corrected chi connectivity index (χ3v) is 4.14. The fourth-order valence-corrected chi connectivity index (χ4v) is 1.94. The third-order valence-electron chi connectivity index (χ3n) is 3.59. The van der Waals surface area contributed by atoms with Crippen LogP contribution in [0.1, 0.15) is 112 Å². The molecule has 196 valence electrons. The third kappa shape index (κ3) is 79.0. The van der Waals surface area contributed by atoms with Gasteiger partial charge in [0, 0.05) is 6.92 Å². The number of nitrogens with zero attached hydrogens (tertiary/aromatic N) is 1. The molecule has 0 aromatic rings. The van der Waals surface area contributed by atoms with Crippen LogP contribution in [-0.2, 0) is 33.8 Å². The molecule has 0 radical (unpaired) electrons. The lowest BCUT2D eigenvalue weighted by Gasteiger charge is -1.93. The molecule has 0 aromatic carbocycles. The van der Waals surface area contributed by atoms with E-state index in [0.29, 0.717) is 6.41 Å². The number of aliphatic imine (C=N–C) groups is 1. The van der Waals surface area contributed by atoms with Crippen molar-refractivity contribution in [1.82, 2.24) is 0 Å². The molecule has 9 heteroatoms. The lowest BCUT2D eigenvalue weighted by Crippen LogP contribution is -1.94. The van der Waals surface area contributed by atoms with E-state index in [1.807, 2.05) is 0 Å². The van der Waals surface area contributed by atoms with Crippen molar-refractivity contribution in [3.8, 4) is 0 Å². The minimum absolute atomic E-state index is 0.245. The van der Waals surface area contributed by atoms with E-state index in [0.717, 1.165) is 0 Å². The second kappa shape index (κ2) is 47.5. The van der Waals surface area contributed by atoms with Crippen molar-refractivity contribution >= 4 is 30.5 Å². The molecule has 0 bridgehead atoms. The number of rotatable bonds is 13. The molecule has 0 atom stereocenters. The Morgan fingerprint density at radius 1 is 0.844 bits per heavy atom. The van der Waals surface area contributed by atoms with Gasteiger partial charge in [-0.1, -0.05) is 105 Å². The molecule has 0 aromatic heterocycles. The van der Waals surface area contributed by atoms with E-state index in [-0.39, 0.29) is 5.97 Å². The second-order valence-corrected chi connectivity index (χ2v) is 7.52. The van der Waals surface area contributed by atoms with E-state index >= 15 is 0 Å². The minimum Gasteiger partial charge on any atom is -0.469 e. The van der Waals surface area contributed by atoms with Gasteiger partial charge in [0.25, 0.3) is 0 Å². The van der Waals surface area contributed by atoms with Crippen molar-refractivity contribution in [1.29, 1.82) is 0 Å². The summed E-state index contributed by atoms with van der Waals surface area (Å²) < 4.78 is 25.3. The maximum absolute atomic E-state index is 9.85. The molecule has 0 unspecified atom stereocenters. The van der Waals surface area contributed by atoms with Gasteiger partial charge in [0.2, 0.25) is 0 Å². The Balaban J connectivity index is -0.0000000965. The largest absolute Gasteiger partial charge is 0.469 e. The average Bonchev–Trinajstić information content (AvgIpc) is 2.81. The molecule has 0 N–H and O–H groups in total. The van der Waals surface area contributed by atoms with Crippen LogP contribution in [0.15, 0.2) is 4.99 Å². The minimum atomic E-state index is -1.53. The molecule has 0 saturated carbocycles. The first kappa shape index (κ1) is 41.0. The highest BCUT2D eigenvalue weighted by Gasteiger charge is 1.85. The smallest absolute Gasteiger partial charge is 0.437 e. The zero-order valence-electron chi connectivity index (χ0n) is 22.0. The van der Waals surface area contributed by atoms with Crippen molar-refractivity contribution in [3.05, 3.63) is 0 Å². The van der Waals surface area contributed by atoms with E-state index in [1.54, 1.807) is 0 Å². The summed E-state index contributed by atoms with van der Waals surface area (Å²) in [7, 11) is 3.96. The number of amides is 1. The van der Waals surface area contributed by atoms with E-state index in [9.17, 15) is 9.00 Å². The van der Waals surface area contributed by atoms with Crippen LogP contribution in [0.25, 0.3) is 0 Å². The zero-order valence-corrected chi connectivity index (χ0v) is 22.8. The molecular formula is C23H51NO7S. The summed E-state index contributed by atoms with van der Waals surface area (Å²) in [6, 6.07) is 0. The maximum Gasteiger partial charge on any atom is 0.437 e. The topological polar surface area (TPSA) is 109 Å². The number of hydrogen-bond donors (Lipinski definition) is 0. The highest BCUT2D eigenvalue weighted by molar-refractivity contribution is 7.75. The van der Waals surface area contributed by atoms with E-state index < -0.39 is 11.4 Å². The molecule has 0 saturated heterocycles. The van der Waals surface area contributed by atoms with Gasteiger partial charge in [0.1, 0.15) is 0 Å². The summed E-state index contributed by atoms with van der Waals surface area (Å²) in [5.74, 6) is -0.245. The van der Waals surface area contributed by atoms with Gasteiger partial charge in [0.05, 0.1) is 21.3 Å². The number of carbonyl (C=O) groups is 1. The molecule has 8 nitrogen and oxygen atoms in total. The second-order valence-electron chi connectivity index (χ2n) is 6.45. The van der Waals surface area contributed by atoms with Crippen LogP contribution in [-0.4, -0.2) is 44.6 Å². The van der Waals surface area contributed by atoms with Crippen LogP contribution in [0, 0.1) is 0 Å². The lowest BCUT2D eigenvalue weighted by molar-refractivity contribution is -1.04. The van der Waals surface area contributed by atoms with Gasteiger partial charge < -0.3 is 9.99 Å². The van der Waals surface area contributed by atoms with Crippen molar-refractivity contribution in [3.63, 3.8) is 0 Å². The first-order valence-electron chi connectivity index (χ1n) is 11.4. The maximum atomic E-state index is 9.85. The standard InChI is InChI=1S/2C8H18.C3H6O2.C2H3NO2.C2H6O3S/c2*1-3-5-7-8-6-4-2;1-3(4)5-2;1-3-2-5-4;1-4-6(3)5-2/h2*3-8H2,1-2H3;1-2H3;2H,1H2;1-2H3. The first-order chi connectivity index (χ1) is 15.3. The van der Waals surface area contributed by atoms with Crippen LogP contribution >= 0.6 is 0 Å². The molecule has 32 heavy (non-hydrogen) atoms. The Hall–Kier alpha value is -1.32. The predicted molar refractivity (Wildman–Crippen MR) is 134 cm³/mol. The molecule has 0 aliphatic carbocycles. The summed E-state index contributed by atoms with van der Waals surface area (Å²) in [5, 5.41) is 8.84. The highest BCUT2D eigenvalue weighted by atomic mass is 32.2. The van der Waals surface area contributed by atoms with Gasteiger partial charge in [0.15, 0.2) is 0 Å². The van der Waals surface area contributed by atoms with E-state index in [2.05, 4.69) is 57.1 Å². The molecule has 0 heterocycles. The predicted octanol–water partition coefficient (Wildman–Crippen LogP) is 5.43. The van der Waals surface area contributed by atoms with Crippen molar-refractivity contribution < 1.29 is 31.9 Å².